The van der Waals surface area contributed by atoms with E-state index in [2.05, 4.69) is 71.1 Å². The van der Waals surface area contributed by atoms with E-state index in [-0.39, 0.29) is 28.1 Å². The van der Waals surface area contributed by atoms with Gasteiger partial charge in [-0.2, -0.15) is 0 Å². The number of rotatable bonds is 22. The molecular weight excluding hydrogens is 872 g/mol. The highest BCUT2D eigenvalue weighted by Crippen LogP contribution is 2.33. The standard InChI is InChI=1S/C47H53ClN8O6S2/c1-61-28-26-53(27-29-62-2)21-20-38(33-63-40-9-4-3-5-10-40)51-44-19-17-41(31-46(44)56(57)58)64(59,60)52-47-43-18-16-39(30-45(43)49-34-50-47)55-24-22-54(23-25-55)32-36-8-6-7-11-42(36)35-12-14-37(48)15-13-35/h3-19,30-31,34,38,51H,20-29,32-33H2,1-2H3,(H,49,50,52)/t38-/m1/s1. The van der Waals surface area contributed by atoms with Crippen LogP contribution in [0.2, 0.25) is 5.02 Å². The van der Waals surface area contributed by atoms with Gasteiger partial charge in [0, 0.05) is 105 Å². The van der Waals surface area contributed by atoms with Crippen molar-refractivity contribution in [3.05, 3.63) is 142 Å². The van der Waals surface area contributed by atoms with E-state index in [1.54, 1.807) is 26.0 Å². The van der Waals surface area contributed by atoms with E-state index in [1.165, 1.54) is 29.6 Å². The van der Waals surface area contributed by atoms with Gasteiger partial charge >= 0.3 is 0 Å². The summed E-state index contributed by atoms with van der Waals surface area (Å²) in [5.74, 6) is 0.695. The van der Waals surface area contributed by atoms with Crippen LogP contribution in [0.5, 0.6) is 0 Å². The summed E-state index contributed by atoms with van der Waals surface area (Å²) in [6.07, 6.45) is 1.97. The van der Waals surface area contributed by atoms with Gasteiger partial charge < -0.3 is 19.7 Å². The van der Waals surface area contributed by atoms with Crippen molar-refractivity contribution in [3.63, 3.8) is 0 Å². The second kappa shape index (κ2) is 22.5. The molecule has 1 fully saturated rings. The molecule has 0 spiro atoms. The molecule has 7 rings (SSSR count). The first-order valence-electron chi connectivity index (χ1n) is 21.1. The molecule has 0 amide bonds. The van der Waals surface area contributed by atoms with Crippen molar-refractivity contribution in [1.29, 1.82) is 0 Å². The highest BCUT2D eigenvalue weighted by Gasteiger charge is 2.26. The normalized spacial score (nSPS) is 13.9. The number of nitro benzene ring substituents is 1. The number of nitro groups is 1. The Morgan fingerprint density at radius 2 is 1.58 bits per heavy atom. The van der Waals surface area contributed by atoms with Gasteiger partial charge in [0.25, 0.3) is 15.7 Å². The molecule has 2 heterocycles. The summed E-state index contributed by atoms with van der Waals surface area (Å²) >= 11 is 7.79. The predicted octanol–water partition coefficient (Wildman–Crippen LogP) is 8.54. The Morgan fingerprint density at radius 1 is 0.859 bits per heavy atom. The van der Waals surface area contributed by atoms with Crippen molar-refractivity contribution >= 4 is 67.2 Å². The molecule has 2 N–H and O–H groups in total. The van der Waals surface area contributed by atoms with Crippen LogP contribution in [-0.4, -0.2) is 118 Å². The first-order valence-corrected chi connectivity index (χ1v) is 24.0. The van der Waals surface area contributed by atoms with Crippen LogP contribution < -0.4 is 14.9 Å². The number of halogens is 1. The van der Waals surface area contributed by atoms with Gasteiger partial charge in [0.05, 0.1) is 28.5 Å². The van der Waals surface area contributed by atoms with Crippen molar-refractivity contribution < 1.29 is 22.8 Å². The molecule has 0 unspecified atom stereocenters. The van der Waals surface area contributed by atoms with Gasteiger partial charge in [0.15, 0.2) is 5.82 Å². The Morgan fingerprint density at radius 3 is 2.30 bits per heavy atom. The van der Waals surface area contributed by atoms with E-state index in [1.807, 2.05) is 60.7 Å². The van der Waals surface area contributed by atoms with Crippen molar-refractivity contribution in [3.8, 4) is 11.1 Å². The fraction of sp³-hybridized carbons (Fsp3) is 0.319. The third-order valence-electron chi connectivity index (χ3n) is 11.2. The lowest BCUT2D eigenvalue weighted by Gasteiger charge is -2.36. The molecule has 0 radical (unpaired) electrons. The Hall–Kier alpha value is -5.33. The minimum atomic E-state index is -4.31. The average Bonchev–Trinajstić information content (AvgIpc) is 3.31. The molecule has 1 aliphatic heterocycles. The van der Waals surface area contributed by atoms with E-state index in [4.69, 9.17) is 21.1 Å². The summed E-state index contributed by atoms with van der Waals surface area (Å²) in [5, 5.41) is 17.1. The SMILES string of the molecule is COCCN(CCOC)CC[C@H](CSc1ccccc1)Nc1ccc(S(=O)(=O)Nc2ncnc3cc(N4CCN(Cc5ccccc5-c5ccc(Cl)cc5)CC4)ccc23)cc1[N+](=O)[O-]. The van der Waals surface area contributed by atoms with Gasteiger partial charge in [-0.15, -0.1) is 11.8 Å². The molecule has 6 aromatic rings. The lowest BCUT2D eigenvalue weighted by Crippen LogP contribution is -2.46. The number of ether oxygens (including phenoxy) is 2. The lowest BCUT2D eigenvalue weighted by molar-refractivity contribution is -0.384. The largest absolute Gasteiger partial charge is 0.383 e. The molecule has 1 saturated heterocycles. The summed E-state index contributed by atoms with van der Waals surface area (Å²) in [7, 11) is -0.983. The summed E-state index contributed by atoms with van der Waals surface area (Å²) in [5.41, 5.74) is 5.00. The van der Waals surface area contributed by atoms with Crippen LogP contribution in [0.4, 0.5) is 22.9 Å². The first-order chi connectivity index (χ1) is 31.1. The number of anilines is 3. The molecule has 5 aromatic carbocycles. The molecule has 0 saturated carbocycles. The number of piperazine rings is 1. The maximum absolute atomic E-state index is 13.9. The van der Waals surface area contributed by atoms with Crippen LogP contribution in [0.1, 0.15) is 12.0 Å². The topological polar surface area (TPSA) is 155 Å². The molecule has 0 aliphatic carbocycles. The van der Waals surface area contributed by atoms with E-state index >= 15 is 0 Å². The Labute approximate surface area is 384 Å². The molecule has 0 bridgehead atoms. The zero-order chi connectivity index (χ0) is 44.9. The second-order valence-electron chi connectivity index (χ2n) is 15.5. The molecule has 1 aliphatic rings. The third-order valence-corrected chi connectivity index (χ3v) is 14.0. The number of hydrogen-bond acceptors (Lipinski definition) is 13. The number of hydrogen-bond donors (Lipinski definition) is 2. The second-order valence-corrected chi connectivity index (χ2v) is 18.7. The van der Waals surface area contributed by atoms with Crippen LogP contribution in [0, 0.1) is 10.1 Å². The van der Waals surface area contributed by atoms with Gasteiger partial charge in [-0.25, -0.2) is 18.4 Å². The highest BCUT2D eigenvalue weighted by molar-refractivity contribution is 7.99. The molecule has 1 aromatic heterocycles. The molecule has 64 heavy (non-hydrogen) atoms. The molecular formula is C47H53ClN8O6S2. The van der Waals surface area contributed by atoms with Crippen molar-refractivity contribution in [1.82, 2.24) is 19.8 Å². The Bertz CT molecular complexity index is 2580. The minimum absolute atomic E-state index is 0.0788. The van der Waals surface area contributed by atoms with Gasteiger partial charge in [0.1, 0.15) is 12.0 Å². The number of fused-ring (bicyclic) bond motifs is 1. The number of methoxy groups -OCH3 is 2. The summed E-state index contributed by atoms with van der Waals surface area (Å²) < 4.78 is 41.0. The smallest absolute Gasteiger partial charge is 0.293 e. The zero-order valence-corrected chi connectivity index (χ0v) is 38.3. The van der Waals surface area contributed by atoms with Crippen LogP contribution in [0.25, 0.3) is 22.0 Å². The maximum Gasteiger partial charge on any atom is 0.293 e. The lowest BCUT2D eigenvalue weighted by atomic mass is 9.99. The van der Waals surface area contributed by atoms with E-state index in [0.29, 0.717) is 60.9 Å². The fourth-order valence-electron chi connectivity index (χ4n) is 7.68. The maximum atomic E-state index is 13.9. The van der Waals surface area contributed by atoms with Crippen molar-refractivity contribution in [2.45, 2.75) is 28.8 Å². The third kappa shape index (κ3) is 12.5. The Balaban J connectivity index is 1.02. The number of benzene rings is 5. The van der Waals surface area contributed by atoms with Crippen LogP contribution in [0.15, 0.2) is 131 Å². The van der Waals surface area contributed by atoms with E-state index in [0.717, 1.165) is 54.9 Å². The van der Waals surface area contributed by atoms with Crippen LogP contribution >= 0.6 is 23.4 Å². The summed E-state index contributed by atoms with van der Waals surface area (Å²) in [6.45, 7) is 7.37. The molecule has 1 atom stereocenters. The fourth-order valence-corrected chi connectivity index (χ4v) is 9.85. The first kappa shape index (κ1) is 46.7. The number of nitrogens with zero attached hydrogens (tertiary/aromatic N) is 6. The molecule has 14 nitrogen and oxygen atoms in total. The Kier molecular flexibility index (Phi) is 16.4. The minimum Gasteiger partial charge on any atom is -0.383 e. The monoisotopic (exact) mass is 924 g/mol. The predicted molar refractivity (Wildman–Crippen MR) is 257 cm³/mol. The average molecular weight is 926 g/mol. The molecule has 336 valence electrons. The highest BCUT2D eigenvalue weighted by atomic mass is 35.5. The quantitative estimate of drug-likeness (QED) is 0.0380. The van der Waals surface area contributed by atoms with Gasteiger partial charge in [-0.1, -0.05) is 66.2 Å². The summed E-state index contributed by atoms with van der Waals surface area (Å²) in [4.78, 5) is 28.5. The van der Waals surface area contributed by atoms with Crippen molar-refractivity contribution in [2.75, 3.05) is 93.9 Å². The van der Waals surface area contributed by atoms with Crippen molar-refractivity contribution in [2.24, 2.45) is 0 Å². The van der Waals surface area contributed by atoms with Crippen LogP contribution in [0.3, 0.4) is 0 Å². The van der Waals surface area contributed by atoms with Gasteiger partial charge in [-0.3, -0.25) is 24.6 Å². The molecule has 17 heteroatoms. The van der Waals surface area contributed by atoms with Gasteiger partial charge in [-0.05, 0) is 77.7 Å². The number of sulfonamides is 1. The van der Waals surface area contributed by atoms with E-state index in [9.17, 15) is 18.5 Å². The van der Waals surface area contributed by atoms with Crippen LogP contribution in [-0.2, 0) is 26.0 Å². The van der Waals surface area contributed by atoms with Gasteiger partial charge in [0.2, 0.25) is 0 Å². The number of thioether (sulfide) groups is 1. The zero-order valence-electron chi connectivity index (χ0n) is 35.9. The van der Waals surface area contributed by atoms with E-state index < -0.39 is 14.9 Å². The summed E-state index contributed by atoms with van der Waals surface area (Å²) in [6, 6.07) is 35.8. The number of nitrogens with one attached hydrogen (secondary N) is 2. The number of aromatic nitrogens is 2.